The van der Waals surface area contributed by atoms with Crippen LogP contribution < -0.4 is 0 Å². The van der Waals surface area contributed by atoms with Gasteiger partial charge < -0.3 is 4.90 Å². The Morgan fingerprint density at radius 2 is 2.25 bits per heavy atom. The van der Waals surface area contributed by atoms with E-state index in [-0.39, 0.29) is 0 Å². The second-order valence-electron chi connectivity index (χ2n) is 1.80. The smallest absolute Gasteiger partial charge is 0.115 e. The molecule has 0 atom stereocenters. The maximum Gasteiger partial charge on any atom is 0.115 e. The van der Waals surface area contributed by atoms with Gasteiger partial charge in [-0.05, 0) is 0 Å². The summed E-state index contributed by atoms with van der Waals surface area (Å²) in [5.74, 6) is 0. The molecule has 0 saturated heterocycles. The van der Waals surface area contributed by atoms with Crippen molar-refractivity contribution >= 4 is 0 Å². The number of hydrogen-bond acceptors (Lipinski definition) is 3. The number of nitrogens with zero attached hydrogens (tertiary/aromatic N) is 2. The van der Waals surface area contributed by atoms with Crippen molar-refractivity contribution < 1.29 is 4.84 Å². The molecule has 1 heterocycles. The highest BCUT2D eigenvalue weighted by Crippen LogP contribution is 2.01. The van der Waals surface area contributed by atoms with Crippen molar-refractivity contribution in [2.45, 2.75) is 0 Å². The topological polar surface area (TPSA) is 15.7 Å². The highest BCUT2D eigenvalue weighted by Gasteiger charge is 2.04. The van der Waals surface area contributed by atoms with Gasteiger partial charge in [0.05, 0.1) is 7.11 Å². The minimum Gasteiger partial charge on any atom is -0.360 e. The molecule has 0 unspecified atom stereocenters. The Hall–Kier alpha value is -0.700. The van der Waals surface area contributed by atoms with E-state index in [0.29, 0.717) is 0 Å². The average Bonchev–Trinajstić information content (AvgIpc) is 2.14. The Balaban J connectivity index is 2.34. The van der Waals surface area contributed by atoms with E-state index in [2.05, 4.69) is 0 Å². The molecule has 0 aliphatic carbocycles. The molecule has 0 bridgehead atoms. The zero-order valence-electron chi connectivity index (χ0n) is 5.16. The Morgan fingerprint density at radius 1 is 1.50 bits per heavy atom. The van der Waals surface area contributed by atoms with Gasteiger partial charge in [-0.25, -0.2) is 5.06 Å². The second kappa shape index (κ2) is 2.05. The second-order valence-corrected chi connectivity index (χ2v) is 1.80. The molecule has 0 amide bonds. The van der Waals surface area contributed by atoms with E-state index in [4.69, 9.17) is 4.84 Å². The predicted molar refractivity (Wildman–Crippen MR) is 30.6 cm³/mol. The van der Waals surface area contributed by atoms with Crippen LogP contribution in [0.1, 0.15) is 0 Å². The van der Waals surface area contributed by atoms with Crippen LogP contribution in [0, 0.1) is 0 Å². The van der Waals surface area contributed by atoms with E-state index in [0.717, 1.165) is 6.67 Å². The lowest BCUT2D eigenvalue weighted by Crippen LogP contribution is -2.20. The van der Waals surface area contributed by atoms with Gasteiger partial charge in [0.15, 0.2) is 0 Å². The molecule has 0 saturated carbocycles. The summed E-state index contributed by atoms with van der Waals surface area (Å²) >= 11 is 0. The van der Waals surface area contributed by atoms with Crippen molar-refractivity contribution in [1.29, 1.82) is 0 Å². The third-order valence-corrected chi connectivity index (χ3v) is 1.08. The predicted octanol–water partition coefficient (Wildman–Crippen LogP) is 0.224. The molecule has 0 fully saturated rings. The van der Waals surface area contributed by atoms with Crippen LogP contribution in [0.5, 0.6) is 0 Å². The summed E-state index contributed by atoms with van der Waals surface area (Å²) in [5, 5.41) is 1.75. The summed E-state index contributed by atoms with van der Waals surface area (Å²) in [6.45, 7) is 0.830. The van der Waals surface area contributed by atoms with Crippen molar-refractivity contribution in [1.82, 2.24) is 9.96 Å². The monoisotopic (exact) mass is 114 g/mol. The van der Waals surface area contributed by atoms with E-state index in [1.54, 1.807) is 12.2 Å². The molecule has 0 aromatic carbocycles. The van der Waals surface area contributed by atoms with Crippen molar-refractivity contribution in [3.05, 3.63) is 12.4 Å². The van der Waals surface area contributed by atoms with Crippen LogP contribution in [0.25, 0.3) is 0 Å². The molecule has 1 aliphatic rings. The molecule has 0 aromatic rings. The van der Waals surface area contributed by atoms with Gasteiger partial charge in [0.2, 0.25) is 0 Å². The highest BCUT2D eigenvalue weighted by molar-refractivity contribution is 4.84. The van der Waals surface area contributed by atoms with Gasteiger partial charge in [-0.1, -0.05) is 0 Å². The molecule has 1 rings (SSSR count). The van der Waals surface area contributed by atoms with Crippen LogP contribution in [0.4, 0.5) is 0 Å². The Labute approximate surface area is 49.1 Å². The number of hydroxylamine groups is 2. The Kier molecular flexibility index (Phi) is 1.39. The van der Waals surface area contributed by atoms with Crippen molar-refractivity contribution in [2.24, 2.45) is 0 Å². The zero-order chi connectivity index (χ0) is 5.98. The fourth-order valence-corrected chi connectivity index (χ4v) is 0.621. The van der Waals surface area contributed by atoms with Gasteiger partial charge >= 0.3 is 0 Å². The summed E-state index contributed by atoms with van der Waals surface area (Å²) in [7, 11) is 3.65. The first-order valence-electron chi connectivity index (χ1n) is 2.52. The van der Waals surface area contributed by atoms with E-state index < -0.39 is 0 Å². The van der Waals surface area contributed by atoms with Crippen LogP contribution in [0.3, 0.4) is 0 Å². The summed E-state index contributed by atoms with van der Waals surface area (Å²) in [5.41, 5.74) is 0. The zero-order valence-corrected chi connectivity index (χ0v) is 5.16. The maximum atomic E-state index is 4.89. The summed E-state index contributed by atoms with van der Waals surface area (Å²) in [6, 6.07) is 0. The van der Waals surface area contributed by atoms with Crippen molar-refractivity contribution in [2.75, 3.05) is 20.8 Å². The molecule has 8 heavy (non-hydrogen) atoms. The third-order valence-electron chi connectivity index (χ3n) is 1.08. The highest BCUT2D eigenvalue weighted by atomic mass is 16.7. The van der Waals surface area contributed by atoms with Gasteiger partial charge in [0.25, 0.3) is 0 Å². The average molecular weight is 114 g/mol. The molecule has 0 radical (unpaired) electrons. The molecule has 46 valence electrons. The lowest BCUT2D eigenvalue weighted by atomic mass is 10.9. The fraction of sp³-hybridized carbons (Fsp3) is 0.600. The van der Waals surface area contributed by atoms with Crippen LogP contribution in [-0.2, 0) is 4.84 Å². The first kappa shape index (κ1) is 5.44. The maximum absolute atomic E-state index is 4.89. The number of rotatable bonds is 1. The minimum atomic E-state index is 0.830. The lowest BCUT2D eigenvalue weighted by Gasteiger charge is -2.13. The van der Waals surface area contributed by atoms with Gasteiger partial charge in [0, 0.05) is 19.4 Å². The van der Waals surface area contributed by atoms with E-state index in [1.807, 2.05) is 24.3 Å². The summed E-state index contributed by atoms with van der Waals surface area (Å²) in [4.78, 5) is 6.92. The van der Waals surface area contributed by atoms with Crippen molar-refractivity contribution in [3.8, 4) is 0 Å². The Morgan fingerprint density at radius 3 is 2.50 bits per heavy atom. The molecule has 3 nitrogen and oxygen atoms in total. The molecular weight excluding hydrogens is 104 g/mol. The molecule has 0 spiro atoms. The standard InChI is InChI=1S/C5H10N2O/c1-6-3-4-7(5-6)8-2/h3-4H,5H2,1-2H3. The SMILES string of the molecule is CON1C=CN(C)C1. The van der Waals surface area contributed by atoms with Crippen molar-refractivity contribution in [3.63, 3.8) is 0 Å². The first-order chi connectivity index (χ1) is 3.83. The van der Waals surface area contributed by atoms with Gasteiger partial charge in [0.1, 0.15) is 6.67 Å². The molecular formula is C5H10N2O. The quantitative estimate of drug-likeness (QED) is 0.485. The van der Waals surface area contributed by atoms with E-state index >= 15 is 0 Å². The third kappa shape index (κ3) is 0.924. The number of hydrogen-bond donors (Lipinski definition) is 0. The van der Waals surface area contributed by atoms with Crippen LogP contribution in [0.15, 0.2) is 12.4 Å². The molecule has 3 heteroatoms. The lowest BCUT2D eigenvalue weighted by molar-refractivity contribution is -0.0955. The summed E-state index contributed by atoms with van der Waals surface area (Å²) in [6.07, 6.45) is 3.85. The van der Waals surface area contributed by atoms with Gasteiger partial charge in [-0.2, -0.15) is 0 Å². The van der Waals surface area contributed by atoms with E-state index in [9.17, 15) is 0 Å². The minimum absolute atomic E-state index is 0.830. The molecule has 0 aromatic heterocycles. The molecule has 0 N–H and O–H groups in total. The van der Waals surface area contributed by atoms with Crippen LogP contribution in [0.2, 0.25) is 0 Å². The van der Waals surface area contributed by atoms with Gasteiger partial charge in [-0.3, -0.25) is 4.84 Å². The normalized spacial score (nSPS) is 18.2. The fourth-order valence-electron chi connectivity index (χ4n) is 0.621. The first-order valence-corrected chi connectivity index (χ1v) is 2.52. The summed E-state index contributed by atoms with van der Waals surface area (Å²) < 4.78 is 0. The van der Waals surface area contributed by atoms with E-state index in [1.165, 1.54) is 0 Å². The largest absolute Gasteiger partial charge is 0.360 e. The Bertz CT molecular complexity index is 103. The molecule has 1 aliphatic heterocycles. The van der Waals surface area contributed by atoms with Crippen LogP contribution in [-0.4, -0.2) is 30.8 Å². The van der Waals surface area contributed by atoms with Crippen LogP contribution >= 0.6 is 0 Å². The van der Waals surface area contributed by atoms with Gasteiger partial charge in [-0.15, -0.1) is 0 Å².